The zero-order chi connectivity index (χ0) is 15.8. The number of rotatable bonds is 6. The molecular formula is C14H23N5O2. The van der Waals surface area contributed by atoms with E-state index in [-0.39, 0.29) is 11.9 Å². The third-order valence-electron chi connectivity index (χ3n) is 2.76. The molecule has 116 valence electrons. The van der Waals surface area contributed by atoms with Crippen LogP contribution in [0.25, 0.3) is 0 Å². The number of carbonyl (C=O) groups is 2. The van der Waals surface area contributed by atoms with Crippen molar-refractivity contribution in [2.75, 3.05) is 32.9 Å². The Hall–Kier alpha value is -2.31. The number of carbonyl (C=O) groups excluding carboxylic acids is 2. The standard InChI is InChI=1S/C14H23N5O2/c1-4-5-11-8-10(9-12(15)18-11)13(20)16-6-7-17-14(21)19(2)3/h8-9H,4-7H2,1-3H3,(H2,15,18)(H,16,20)(H,17,21). The summed E-state index contributed by atoms with van der Waals surface area (Å²) in [7, 11) is 3.31. The Morgan fingerprint density at radius 2 is 1.90 bits per heavy atom. The summed E-state index contributed by atoms with van der Waals surface area (Å²) in [6.45, 7) is 2.76. The van der Waals surface area contributed by atoms with Crippen molar-refractivity contribution in [2.24, 2.45) is 0 Å². The third kappa shape index (κ3) is 5.68. The summed E-state index contributed by atoms with van der Waals surface area (Å²) in [6, 6.07) is 3.10. The van der Waals surface area contributed by atoms with Crippen molar-refractivity contribution >= 4 is 17.8 Å². The second-order valence-electron chi connectivity index (χ2n) is 4.90. The molecule has 1 aromatic rings. The monoisotopic (exact) mass is 293 g/mol. The van der Waals surface area contributed by atoms with Gasteiger partial charge in [0.05, 0.1) is 0 Å². The molecule has 0 atom stereocenters. The molecule has 0 aliphatic carbocycles. The number of hydrogen-bond acceptors (Lipinski definition) is 4. The van der Waals surface area contributed by atoms with Gasteiger partial charge in [-0.25, -0.2) is 9.78 Å². The second kappa shape index (κ2) is 8.08. The molecule has 0 saturated heterocycles. The van der Waals surface area contributed by atoms with Gasteiger partial charge >= 0.3 is 6.03 Å². The average molecular weight is 293 g/mol. The maximum Gasteiger partial charge on any atom is 0.316 e. The van der Waals surface area contributed by atoms with Crippen molar-refractivity contribution in [3.8, 4) is 0 Å². The first-order valence-electron chi connectivity index (χ1n) is 6.93. The van der Waals surface area contributed by atoms with Crippen molar-refractivity contribution in [1.29, 1.82) is 0 Å². The van der Waals surface area contributed by atoms with Gasteiger partial charge in [-0.05, 0) is 18.6 Å². The zero-order valence-corrected chi connectivity index (χ0v) is 12.8. The second-order valence-corrected chi connectivity index (χ2v) is 4.90. The number of nitrogens with two attached hydrogens (primary N) is 1. The Kier molecular flexibility index (Phi) is 6.45. The molecule has 0 fully saturated rings. The minimum atomic E-state index is -0.222. The van der Waals surface area contributed by atoms with Crippen LogP contribution >= 0.6 is 0 Å². The molecule has 0 saturated carbocycles. The number of urea groups is 1. The number of nitrogens with one attached hydrogen (secondary N) is 2. The Labute approximate surface area is 124 Å². The first-order valence-corrected chi connectivity index (χ1v) is 6.93. The summed E-state index contributed by atoms with van der Waals surface area (Å²) in [5, 5.41) is 5.40. The molecule has 3 amide bonds. The maximum absolute atomic E-state index is 12.0. The van der Waals surface area contributed by atoms with Crippen LogP contribution in [-0.2, 0) is 6.42 Å². The average Bonchev–Trinajstić information content (AvgIpc) is 2.42. The Balaban J connectivity index is 2.50. The SMILES string of the molecule is CCCc1cc(C(=O)NCCNC(=O)N(C)C)cc(N)n1. The van der Waals surface area contributed by atoms with E-state index in [0.717, 1.165) is 18.5 Å². The van der Waals surface area contributed by atoms with E-state index in [4.69, 9.17) is 5.73 Å². The largest absolute Gasteiger partial charge is 0.384 e. The molecule has 0 aliphatic heterocycles. The molecule has 21 heavy (non-hydrogen) atoms. The quantitative estimate of drug-likeness (QED) is 0.669. The molecule has 7 heteroatoms. The molecule has 1 rings (SSSR count). The van der Waals surface area contributed by atoms with Crippen LogP contribution < -0.4 is 16.4 Å². The first kappa shape index (κ1) is 16.7. The zero-order valence-electron chi connectivity index (χ0n) is 12.8. The number of aryl methyl sites for hydroxylation is 1. The van der Waals surface area contributed by atoms with Crippen molar-refractivity contribution in [1.82, 2.24) is 20.5 Å². The maximum atomic E-state index is 12.0. The molecular weight excluding hydrogens is 270 g/mol. The number of nitrogen functional groups attached to an aromatic ring is 1. The van der Waals surface area contributed by atoms with E-state index in [1.54, 1.807) is 26.2 Å². The van der Waals surface area contributed by atoms with Gasteiger partial charge in [0.1, 0.15) is 5.82 Å². The van der Waals surface area contributed by atoms with Crippen LogP contribution in [0.3, 0.4) is 0 Å². The van der Waals surface area contributed by atoms with E-state index in [1.807, 2.05) is 6.92 Å². The van der Waals surface area contributed by atoms with E-state index in [9.17, 15) is 9.59 Å². The molecule has 4 N–H and O–H groups in total. The lowest BCUT2D eigenvalue weighted by Crippen LogP contribution is -2.39. The molecule has 1 heterocycles. The molecule has 0 aliphatic rings. The van der Waals surface area contributed by atoms with Crippen LogP contribution in [0.5, 0.6) is 0 Å². The molecule has 0 spiro atoms. The van der Waals surface area contributed by atoms with Gasteiger partial charge in [-0.15, -0.1) is 0 Å². The number of pyridine rings is 1. The fourth-order valence-electron chi connectivity index (χ4n) is 1.73. The van der Waals surface area contributed by atoms with E-state index < -0.39 is 0 Å². The van der Waals surface area contributed by atoms with Gasteiger partial charge in [-0.1, -0.05) is 13.3 Å². The lowest BCUT2D eigenvalue weighted by molar-refractivity contribution is 0.0953. The Morgan fingerprint density at radius 1 is 1.24 bits per heavy atom. The molecule has 0 aromatic carbocycles. The van der Waals surface area contributed by atoms with Gasteiger partial charge in [0, 0.05) is 38.4 Å². The topological polar surface area (TPSA) is 100 Å². The van der Waals surface area contributed by atoms with Crippen molar-refractivity contribution < 1.29 is 9.59 Å². The summed E-state index contributed by atoms with van der Waals surface area (Å²) in [6.07, 6.45) is 1.72. The predicted octanol–water partition coefficient (Wildman–Crippen LogP) is 0.617. The molecule has 1 aromatic heterocycles. The Morgan fingerprint density at radius 3 is 2.52 bits per heavy atom. The first-order chi connectivity index (χ1) is 9.93. The van der Waals surface area contributed by atoms with Gasteiger partial charge in [0.15, 0.2) is 0 Å². The third-order valence-corrected chi connectivity index (χ3v) is 2.76. The van der Waals surface area contributed by atoms with E-state index in [1.165, 1.54) is 4.90 Å². The molecule has 0 bridgehead atoms. The fraction of sp³-hybridized carbons (Fsp3) is 0.500. The predicted molar refractivity (Wildman–Crippen MR) is 82.1 cm³/mol. The van der Waals surface area contributed by atoms with Crippen molar-refractivity contribution in [2.45, 2.75) is 19.8 Å². The molecule has 7 nitrogen and oxygen atoms in total. The minimum Gasteiger partial charge on any atom is -0.384 e. The van der Waals surface area contributed by atoms with Crippen molar-refractivity contribution in [3.05, 3.63) is 23.4 Å². The van der Waals surface area contributed by atoms with Crippen LogP contribution in [0.4, 0.5) is 10.6 Å². The van der Waals surface area contributed by atoms with Gasteiger partial charge in [0.2, 0.25) is 0 Å². The highest BCUT2D eigenvalue weighted by Crippen LogP contribution is 2.09. The molecule has 0 radical (unpaired) electrons. The van der Waals surface area contributed by atoms with Crippen LogP contribution in [0.15, 0.2) is 12.1 Å². The summed E-state index contributed by atoms with van der Waals surface area (Å²) in [5.41, 5.74) is 7.00. The highest BCUT2D eigenvalue weighted by molar-refractivity contribution is 5.94. The highest BCUT2D eigenvalue weighted by Gasteiger charge is 2.09. The van der Waals surface area contributed by atoms with E-state index in [2.05, 4.69) is 15.6 Å². The lowest BCUT2D eigenvalue weighted by atomic mass is 10.1. The van der Waals surface area contributed by atoms with Gasteiger partial charge in [0.25, 0.3) is 5.91 Å². The van der Waals surface area contributed by atoms with Crippen LogP contribution in [0.2, 0.25) is 0 Å². The van der Waals surface area contributed by atoms with Gasteiger partial charge in [-0.2, -0.15) is 0 Å². The smallest absolute Gasteiger partial charge is 0.316 e. The summed E-state index contributed by atoms with van der Waals surface area (Å²) in [4.78, 5) is 28.9. The minimum absolute atomic E-state index is 0.192. The number of aromatic nitrogens is 1. The summed E-state index contributed by atoms with van der Waals surface area (Å²) in [5.74, 6) is 0.118. The number of anilines is 1. The number of nitrogens with zero attached hydrogens (tertiary/aromatic N) is 2. The summed E-state index contributed by atoms with van der Waals surface area (Å²) < 4.78 is 0. The fourth-order valence-corrected chi connectivity index (χ4v) is 1.73. The van der Waals surface area contributed by atoms with Crippen molar-refractivity contribution in [3.63, 3.8) is 0 Å². The van der Waals surface area contributed by atoms with Gasteiger partial charge < -0.3 is 21.3 Å². The molecule has 0 unspecified atom stereocenters. The normalized spacial score (nSPS) is 10.0. The van der Waals surface area contributed by atoms with Gasteiger partial charge in [-0.3, -0.25) is 4.79 Å². The number of amides is 3. The van der Waals surface area contributed by atoms with E-state index >= 15 is 0 Å². The van der Waals surface area contributed by atoms with Crippen LogP contribution in [0.1, 0.15) is 29.4 Å². The highest BCUT2D eigenvalue weighted by atomic mass is 16.2. The van der Waals surface area contributed by atoms with Crippen LogP contribution in [-0.4, -0.2) is 49.0 Å². The Bertz CT molecular complexity index is 502. The van der Waals surface area contributed by atoms with Crippen LogP contribution in [0, 0.1) is 0 Å². The number of hydrogen-bond donors (Lipinski definition) is 3. The lowest BCUT2D eigenvalue weighted by Gasteiger charge is -2.12. The summed E-state index contributed by atoms with van der Waals surface area (Å²) >= 11 is 0. The van der Waals surface area contributed by atoms with E-state index in [0.29, 0.717) is 24.5 Å².